The smallest absolute Gasteiger partial charge is 0.228 e. The average Bonchev–Trinajstić information content (AvgIpc) is 2.38. The van der Waals surface area contributed by atoms with E-state index in [9.17, 15) is 4.79 Å². The first kappa shape index (κ1) is 13.9. The van der Waals surface area contributed by atoms with Crippen LogP contribution in [0.1, 0.15) is 18.6 Å². The van der Waals surface area contributed by atoms with Crippen molar-refractivity contribution >= 4 is 17.5 Å². The van der Waals surface area contributed by atoms with Crippen molar-refractivity contribution in [3.8, 4) is 0 Å². The number of hydrogen-bond acceptors (Lipinski definition) is 3. The lowest BCUT2D eigenvalue weighted by atomic mass is 9.99. The fraction of sp³-hybridized carbons (Fsp3) is 0.533. The van der Waals surface area contributed by atoms with E-state index in [0.717, 1.165) is 18.7 Å². The van der Waals surface area contributed by atoms with E-state index < -0.39 is 0 Å². The third-order valence-electron chi connectivity index (χ3n) is 4.10. The second-order valence-electron chi connectivity index (χ2n) is 5.54. The fourth-order valence-electron chi connectivity index (χ4n) is 2.69. The van der Waals surface area contributed by atoms with Gasteiger partial charge in [0.15, 0.2) is 0 Å². The molecule has 20 heavy (non-hydrogen) atoms. The van der Waals surface area contributed by atoms with Gasteiger partial charge < -0.3 is 15.0 Å². The van der Waals surface area contributed by atoms with Crippen LogP contribution in [0, 0.1) is 5.92 Å². The van der Waals surface area contributed by atoms with Crippen molar-refractivity contribution in [1.29, 1.82) is 0 Å². The van der Waals surface area contributed by atoms with Crippen molar-refractivity contribution in [3.63, 3.8) is 0 Å². The van der Waals surface area contributed by atoms with Crippen LogP contribution in [0.5, 0.6) is 0 Å². The van der Waals surface area contributed by atoms with Crippen LogP contribution in [-0.2, 0) is 9.53 Å². The van der Waals surface area contributed by atoms with Gasteiger partial charge in [-0.05, 0) is 13.0 Å². The van der Waals surface area contributed by atoms with Crippen LogP contribution in [0.2, 0.25) is 5.02 Å². The molecule has 1 aromatic rings. The zero-order valence-electron chi connectivity index (χ0n) is 11.5. The Morgan fingerprint density at radius 2 is 2.15 bits per heavy atom. The van der Waals surface area contributed by atoms with E-state index in [0.29, 0.717) is 18.2 Å². The predicted octanol–water partition coefficient (Wildman–Crippen LogP) is 1.85. The molecular formula is C15H19ClN2O2. The summed E-state index contributed by atoms with van der Waals surface area (Å²) in [4.78, 5) is 14.4. The molecule has 0 spiro atoms. The van der Waals surface area contributed by atoms with Crippen LogP contribution in [0.25, 0.3) is 0 Å². The minimum absolute atomic E-state index is 0.127. The normalized spacial score (nSPS) is 27.2. The van der Waals surface area contributed by atoms with Gasteiger partial charge in [-0.1, -0.05) is 29.8 Å². The summed E-state index contributed by atoms with van der Waals surface area (Å²) in [6.45, 7) is 4.76. The number of morpholine rings is 1. The Labute approximate surface area is 124 Å². The zero-order chi connectivity index (χ0) is 14.1. The quantitative estimate of drug-likeness (QED) is 0.905. The minimum atomic E-state index is -0.128. The van der Waals surface area contributed by atoms with Gasteiger partial charge in [0.1, 0.15) is 6.10 Å². The van der Waals surface area contributed by atoms with Crippen molar-refractivity contribution in [3.05, 3.63) is 34.9 Å². The lowest BCUT2D eigenvalue weighted by molar-refractivity contribution is -0.150. The molecule has 1 amide bonds. The van der Waals surface area contributed by atoms with Gasteiger partial charge in [-0.2, -0.15) is 0 Å². The monoisotopic (exact) mass is 294 g/mol. The molecule has 0 saturated carbocycles. The van der Waals surface area contributed by atoms with Crippen molar-refractivity contribution < 1.29 is 9.53 Å². The number of nitrogens with zero attached hydrogens (tertiary/aromatic N) is 1. The first-order chi connectivity index (χ1) is 9.66. The largest absolute Gasteiger partial charge is 0.369 e. The second-order valence-corrected chi connectivity index (χ2v) is 5.95. The average molecular weight is 295 g/mol. The molecule has 108 valence electrons. The van der Waals surface area contributed by atoms with E-state index in [1.807, 2.05) is 36.1 Å². The molecule has 0 aromatic heterocycles. The summed E-state index contributed by atoms with van der Waals surface area (Å²) in [5.41, 5.74) is 0.964. The summed E-state index contributed by atoms with van der Waals surface area (Å²) < 4.78 is 5.87. The summed E-state index contributed by atoms with van der Waals surface area (Å²) in [7, 11) is 0. The van der Waals surface area contributed by atoms with Gasteiger partial charge in [0.2, 0.25) is 5.91 Å². The molecule has 2 atom stereocenters. The van der Waals surface area contributed by atoms with E-state index in [4.69, 9.17) is 16.3 Å². The maximum Gasteiger partial charge on any atom is 0.228 e. The number of hydrogen-bond donors (Lipinski definition) is 1. The molecule has 2 heterocycles. The van der Waals surface area contributed by atoms with Crippen LogP contribution in [0.4, 0.5) is 0 Å². The molecule has 3 rings (SSSR count). The third kappa shape index (κ3) is 2.55. The SMILES string of the molecule is CC1COC(c2ccccc2Cl)CN1C(=O)C1CNC1. The summed E-state index contributed by atoms with van der Waals surface area (Å²) in [6, 6.07) is 7.81. The maximum absolute atomic E-state index is 12.4. The Bertz CT molecular complexity index is 504. The summed E-state index contributed by atoms with van der Waals surface area (Å²) in [6.07, 6.45) is -0.128. The Kier molecular flexibility index (Phi) is 3.96. The fourth-order valence-corrected chi connectivity index (χ4v) is 2.94. The van der Waals surface area contributed by atoms with Gasteiger partial charge in [0.05, 0.1) is 25.1 Å². The van der Waals surface area contributed by atoms with Crippen molar-refractivity contribution in [2.24, 2.45) is 5.92 Å². The minimum Gasteiger partial charge on any atom is -0.369 e. The van der Waals surface area contributed by atoms with Gasteiger partial charge in [-0.15, -0.1) is 0 Å². The van der Waals surface area contributed by atoms with Gasteiger partial charge in [0.25, 0.3) is 0 Å². The highest BCUT2D eigenvalue weighted by Gasteiger charge is 2.36. The van der Waals surface area contributed by atoms with E-state index in [1.165, 1.54) is 0 Å². The highest BCUT2D eigenvalue weighted by Crippen LogP contribution is 2.30. The molecule has 2 unspecified atom stereocenters. The van der Waals surface area contributed by atoms with Gasteiger partial charge in [-0.25, -0.2) is 0 Å². The number of nitrogens with one attached hydrogen (secondary N) is 1. The molecule has 1 N–H and O–H groups in total. The number of amides is 1. The molecule has 0 aliphatic carbocycles. The molecule has 4 nitrogen and oxygen atoms in total. The van der Waals surface area contributed by atoms with Crippen LogP contribution in [0.3, 0.4) is 0 Å². The first-order valence-corrected chi connectivity index (χ1v) is 7.42. The lowest BCUT2D eigenvalue weighted by Crippen LogP contribution is -2.57. The highest BCUT2D eigenvalue weighted by atomic mass is 35.5. The number of ether oxygens (including phenoxy) is 1. The van der Waals surface area contributed by atoms with Gasteiger partial charge >= 0.3 is 0 Å². The standard InChI is InChI=1S/C15H19ClN2O2/c1-10-9-20-14(12-4-2-3-5-13(12)16)8-18(10)15(19)11-6-17-7-11/h2-5,10-11,14,17H,6-9H2,1H3. The maximum atomic E-state index is 12.4. The first-order valence-electron chi connectivity index (χ1n) is 7.04. The van der Waals surface area contributed by atoms with E-state index >= 15 is 0 Å². The van der Waals surface area contributed by atoms with E-state index in [-0.39, 0.29) is 24.0 Å². The highest BCUT2D eigenvalue weighted by molar-refractivity contribution is 6.31. The molecule has 5 heteroatoms. The van der Waals surface area contributed by atoms with Crippen LogP contribution in [0.15, 0.2) is 24.3 Å². The Morgan fingerprint density at radius 3 is 2.80 bits per heavy atom. The summed E-state index contributed by atoms with van der Waals surface area (Å²) in [5.74, 6) is 0.360. The molecule has 0 radical (unpaired) electrons. The molecule has 2 aliphatic rings. The van der Waals surface area contributed by atoms with E-state index in [1.54, 1.807) is 0 Å². The van der Waals surface area contributed by atoms with E-state index in [2.05, 4.69) is 5.32 Å². The van der Waals surface area contributed by atoms with Crippen LogP contribution < -0.4 is 5.32 Å². The number of benzene rings is 1. The van der Waals surface area contributed by atoms with Gasteiger partial charge in [-0.3, -0.25) is 4.79 Å². The van der Waals surface area contributed by atoms with Crippen molar-refractivity contribution in [2.75, 3.05) is 26.2 Å². The predicted molar refractivity (Wildman–Crippen MR) is 77.7 cm³/mol. The zero-order valence-corrected chi connectivity index (χ0v) is 12.3. The molecular weight excluding hydrogens is 276 g/mol. The molecule has 2 saturated heterocycles. The van der Waals surface area contributed by atoms with Crippen molar-refractivity contribution in [2.45, 2.75) is 19.1 Å². The molecule has 0 bridgehead atoms. The van der Waals surface area contributed by atoms with Crippen molar-refractivity contribution in [1.82, 2.24) is 10.2 Å². The number of halogens is 1. The molecule has 1 aromatic carbocycles. The molecule has 2 fully saturated rings. The van der Waals surface area contributed by atoms with Gasteiger partial charge in [0, 0.05) is 23.7 Å². The lowest BCUT2D eigenvalue weighted by Gasteiger charge is -2.41. The number of carbonyl (C=O) groups excluding carboxylic acids is 1. The number of carbonyl (C=O) groups is 1. The topological polar surface area (TPSA) is 41.6 Å². The summed E-state index contributed by atoms with van der Waals surface area (Å²) >= 11 is 6.23. The van der Waals surface area contributed by atoms with Crippen LogP contribution in [-0.4, -0.2) is 43.1 Å². The van der Waals surface area contributed by atoms with Crippen LogP contribution >= 0.6 is 11.6 Å². The molecule has 2 aliphatic heterocycles. The third-order valence-corrected chi connectivity index (χ3v) is 4.44. The summed E-state index contributed by atoms with van der Waals surface area (Å²) in [5, 5.41) is 3.85. The second kappa shape index (κ2) is 5.72. The Morgan fingerprint density at radius 1 is 1.40 bits per heavy atom. The number of rotatable bonds is 2. The Hall–Kier alpha value is -1.10. The Balaban J connectivity index is 1.75.